The third-order valence-corrected chi connectivity index (χ3v) is 5.80. The molecular formula is C14H15BrN2O3S. The number of nitrogen functional groups attached to an aromatic ring is 1. The molecule has 112 valence electrons. The smallest absolute Gasteiger partial charge is 0.250 e. The average Bonchev–Trinajstić information content (AvgIpc) is 2.43. The lowest BCUT2D eigenvalue weighted by atomic mass is 10.4. The van der Waals surface area contributed by atoms with Crippen LogP contribution >= 0.6 is 15.9 Å². The Morgan fingerprint density at radius 1 is 1.14 bits per heavy atom. The summed E-state index contributed by atoms with van der Waals surface area (Å²) >= 11 is 3.24. The molecule has 21 heavy (non-hydrogen) atoms. The molecule has 0 aliphatic carbocycles. The van der Waals surface area contributed by atoms with E-state index >= 15 is 0 Å². The molecule has 0 amide bonds. The molecule has 0 saturated heterocycles. The van der Waals surface area contributed by atoms with Crippen molar-refractivity contribution in [3.63, 3.8) is 0 Å². The molecule has 0 atom stereocenters. The van der Waals surface area contributed by atoms with Gasteiger partial charge in [0.25, 0.3) is 5.56 Å². The number of aryl methyl sites for hydroxylation is 1. The van der Waals surface area contributed by atoms with Crippen molar-refractivity contribution in [2.75, 3.05) is 11.5 Å². The second kappa shape index (κ2) is 6.44. The van der Waals surface area contributed by atoms with Crippen LogP contribution in [0.25, 0.3) is 0 Å². The molecule has 0 radical (unpaired) electrons. The van der Waals surface area contributed by atoms with E-state index in [-0.39, 0.29) is 16.2 Å². The second-order valence-electron chi connectivity index (χ2n) is 4.60. The van der Waals surface area contributed by atoms with E-state index in [9.17, 15) is 13.2 Å². The van der Waals surface area contributed by atoms with E-state index in [0.717, 1.165) is 0 Å². The maximum Gasteiger partial charge on any atom is 0.250 e. The van der Waals surface area contributed by atoms with Gasteiger partial charge in [0.1, 0.15) is 0 Å². The van der Waals surface area contributed by atoms with E-state index in [4.69, 9.17) is 5.73 Å². The molecule has 0 saturated carbocycles. The van der Waals surface area contributed by atoms with Gasteiger partial charge in [0, 0.05) is 29.0 Å². The molecule has 1 aromatic heterocycles. The Labute approximate surface area is 131 Å². The Bertz CT molecular complexity index is 800. The summed E-state index contributed by atoms with van der Waals surface area (Å²) in [4.78, 5) is 11.9. The summed E-state index contributed by atoms with van der Waals surface area (Å²) in [6, 6.07) is 9.59. The zero-order valence-electron chi connectivity index (χ0n) is 11.2. The predicted molar refractivity (Wildman–Crippen MR) is 85.9 cm³/mol. The first-order chi connectivity index (χ1) is 9.90. The molecule has 0 bridgehead atoms. The van der Waals surface area contributed by atoms with Crippen LogP contribution in [0.1, 0.15) is 6.42 Å². The van der Waals surface area contributed by atoms with Crippen LogP contribution in [-0.2, 0) is 16.4 Å². The van der Waals surface area contributed by atoms with E-state index in [1.807, 2.05) is 0 Å². The number of nitrogens with zero attached hydrogens (tertiary/aromatic N) is 1. The Morgan fingerprint density at radius 3 is 2.57 bits per heavy atom. The van der Waals surface area contributed by atoms with E-state index in [2.05, 4.69) is 15.9 Å². The largest absolute Gasteiger partial charge is 0.398 e. The van der Waals surface area contributed by atoms with Gasteiger partial charge in [0.05, 0.1) is 10.6 Å². The van der Waals surface area contributed by atoms with Crippen LogP contribution in [0.5, 0.6) is 0 Å². The van der Waals surface area contributed by atoms with Crippen molar-refractivity contribution in [2.45, 2.75) is 17.9 Å². The fourth-order valence-electron chi connectivity index (χ4n) is 1.96. The standard InChI is InChI=1S/C14H15BrN2O3S/c15-12-4-1-2-5-13(12)21(19,20)9-3-8-17-10-11(16)6-7-14(17)18/h1-2,4-7,10H,3,8-9,16H2. The Morgan fingerprint density at radius 2 is 1.86 bits per heavy atom. The molecule has 2 aromatic rings. The summed E-state index contributed by atoms with van der Waals surface area (Å²) in [5.74, 6) is -0.0309. The van der Waals surface area contributed by atoms with Gasteiger partial charge in [-0.25, -0.2) is 8.42 Å². The van der Waals surface area contributed by atoms with Crippen molar-refractivity contribution in [3.8, 4) is 0 Å². The lowest BCUT2D eigenvalue weighted by molar-refractivity contribution is 0.583. The maximum atomic E-state index is 12.3. The minimum Gasteiger partial charge on any atom is -0.398 e. The van der Waals surface area contributed by atoms with Gasteiger partial charge in [-0.3, -0.25) is 4.79 Å². The molecule has 0 fully saturated rings. The lowest BCUT2D eigenvalue weighted by Crippen LogP contribution is -2.20. The minimum absolute atomic E-state index is 0.0309. The van der Waals surface area contributed by atoms with Crippen LogP contribution in [0.4, 0.5) is 5.69 Å². The first kappa shape index (κ1) is 15.8. The molecule has 0 unspecified atom stereocenters. The fourth-order valence-corrected chi connectivity index (χ4v) is 4.36. The highest BCUT2D eigenvalue weighted by Crippen LogP contribution is 2.22. The Balaban J connectivity index is 2.08. The summed E-state index contributed by atoms with van der Waals surface area (Å²) in [6.45, 7) is 0.313. The Hall–Kier alpha value is -1.60. The molecule has 1 heterocycles. The highest BCUT2D eigenvalue weighted by molar-refractivity contribution is 9.10. The van der Waals surface area contributed by atoms with Gasteiger partial charge in [-0.1, -0.05) is 12.1 Å². The topological polar surface area (TPSA) is 82.2 Å². The van der Waals surface area contributed by atoms with Crippen LogP contribution in [0.15, 0.2) is 56.8 Å². The molecule has 0 spiro atoms. The zero-order chi connectivity index (χ0) is 15.5. The monoisotopic (exact) mass is 370 g/mol. The lowest BCUT2D eigenvalue weighted by Gasteiger charge is -2.08. The number of hydrogen-bond acceptors (Lipinski definition) is 4. The van der Waals surface area contributed by atoms with E-state index in [1.165, 1.54) is 22.9 Å². The predicted octanol–water partition coefficient (Wildman–Crippen LogP) is 2.06. The summed E-state index contributed by atoms with van der Waals surface area (Å²) in [7, 11) is -3.38. The number of sulfone groups is 1. The van der Waals surface area contributed by atoms with Gasteiger partial charge in [0.2, 0.25) is 0 Å². The number of anilines is 1. The third-order valence-electron chi connectivity index (χ3n) is 2.99. The van der Waals surface area contributed by atoms with Crippen LogP contribution < -0.4 is 11.3 Å². The first-order valence-corrected chi connectivity index (χ1v) is 8.78. The average molecular weight is 371 g/mol. The van der Waals surface area contributed by atoms with Gasteiger partial charge in [-0.15, -0.1) is 0 Å². The van der Waals surface area contributed by atoms with E-state index < -0.39 is 9.84 Å². The minimum atomic E-state index is -3.38. The number of halogens is 1. The van der Waals surface area contributed by atoms with Gasteiger partial charge < -0.3 is 10.3 Å². The van der Waals surface area contributed by atoms with Crippen molar-refractivity contribution in [1.29, 1.82) is 0 Å². The molecular weight excluding hydrogens is 356 g/mol. The van der Waals surface area contributed by atoms with Crippen LogP contribution in [0.2, 0.25) is 0 Å². The maximum absolute atomic E-state index is 12.3. The van der Waals surface area contributed by atoms with Gasteiger partial charge >= 0.3 is 0 Å². The molecule has 2 N–H and O–H groups in total. The molecule has 5 nitrogen and oxygen atoms in total. The van der Waals surface area contributed by atoms with Gasteiger partial charge in [0.15, 0.2) is 9.84 Å². The molecule has 1 aromatic carbocycles. The second-order valence-corrected chi connectivity index (χ2v) is 7.53. The summed E-state index contributed by atoms with van der Waals surface area (Å²) in [5.41, 5.74) is 5.89. The SMILES string of the molecule is Nc1ccc(=O)n(CCCS(=O)(=O)c2ccccc2Br)c1. The van der Waals surface area contributed by atoms with Crippen molar-refractivity contribution in [3.05, 3.63) is 57.4 Å². The quantitative estimate of drug-likeness (QED) is 0.872. The van der Waals surface area contributed by atoms with Gasteiger partial charge in [-0.2, -0.15) is 0 Å². The van der Waals surface area contributed by atoms with Crippen LogP contribution in [-0.4, -0.2) is 18.7 Å². The van der Waals surface area contributed by atoms with Crippen molar-refractivity contribution in [1.82, 2.24) is 4.57 Å². The van der Waals surface area contributed by atoms with Crippen LogP contribution in [0.3, 0.4) is 0 Å². The number of pyridine rings is 1. The number of benzene rings is 1. The zero-order valence-corrected chi connectivity index (χ0v) is 13.6. The summed E-state index contributed by atoms with van der Waals surface area (Å²) in [6.07, 6.45) is 1.86. The Kier molecular flexibility index (Phi) is 4.84. The fraction of sp³-hybridized carbons (Fsp3) is 0.214. The summed E-state index contributed by atoms with van der Waals surface area (Å²) < 4.78 is 26.5. The highest BCUT2D eigenvalue weighted by atomic mass is 79.9. The number of hydrogen-bond donors (Lipinski definition) is 1. The molecule has 7 heteroatoms. The molecule has 0 aliphatic rings. The van der Waals surface area contributed by atoms with Crippen molar-refractivity contribution >= 4 is 31.5 Å². The number of nitrogens with two attached hydrogens (primary N) is 1. The highest BCUT2D eigenvalue weighted by Gasteiger charge is 2.16. The number of rotatable bonds is 5. The third kappa shape index (κ3) is 3.95. The van der Waals surface area contributed by atoms with Crippen LogP contribution in [0, 0.1) is 0 Å². The normalized spacial score (nSPS) is 11.5. The summed E-state index contributed by atoms with van der Waals surface area (Å²) in [5, 5.41) is 0. The van der Waals surface area contributed by atoms with Gasteiger partial charge in [-0.05, 0) is 40.5 Å². The molecule has 0 aliphatic heterocycles. The van der Waals surface area contributed by atoms with E-state index in [0.29, 0.717) is 23.1 Å². The first-order valence-electron chi connectivity index (χ1n) is 6.33. The molecule has 2 rings (SSSR count). The van der Waals surface area contributed by atoms with Crippen molar-refractivity contribution in [2.24, 2.45) is 0 Å². The van der Waals surface area contributed by atoms with E-state index in [1.54, 1.807) is 24.3 Å². The van der Waals surface area contributed by atoms with Crippen molar-refractivity contribution < 1.29 is 8.42 Å². The number of aromatic nitrogens is 1.